The smallest absolute Gasteiger partial charge is 0.158 e. The fourth-order valence-corrected chi connectivity index (χ4v) is 4.90. The molecule has 34 heavy (non-hydrogen) atoms. The maximum Gasteiger partial charge on any atom is 0.158 e. The summed E-state index contributed by atoms with van der Waals surface area (Å²) in [5.41, 5.74) is 6.24. The Labute approximate surface area is 197 Å². The molecule has 0 saturated heterocycles. The van der Waals surface area contributed by atoms with Crippen molar-refractivity contribution in [1.82, 2.24) is 0 Å². The molecule has 0 fully saturated rings. The number of anilines is 2. The van der Waals surface area contributed by atoms with Crippen LogP contribution < -0.4 is 5.32 Å². The first-order valence-electron chi connectivity index (χ1n) is 11.5. The third kappa shape index (κ3) is 3.04. The maximum absolute atomic E-state index is 6.44. The van der Waals surface area contributed by atoms with Crippen molar-refractivity contribution in [3.63, 3.8) is 0 Å². The minimum atomic E-state index is 0.882. The summed E-state index contributed by atoms with van der Waals surface area (Å²) < 4.78 is 6.44. The molecule has 1 aromatic heterocycles. The predicted octanol–water partition coefficient (Wildman–Crippen LogP) is 9.30. The first-order chi connectivity index (χ1) is 16.8. The van der Waals surface area contributed by atoms with Crippen LogP contribution in [0.1, 0.15) is 0 Å². The van der Waals surface area contributed by atoms with Gasteiger partial charge in [-0.05, 0) is 57.6 Å². The van der Waals surface area contributed by atoms with E-state index in [-0.39, 0.29) is 0 Å². The van der Waals surface area contributed by atoms with Crippen LogP contribution in [-0.4, -0.2) is 0 Å². The third-order valence-electron chi connectivity index (χ3n) is 6.64. The van der Waals surface area contributed by atoms with Gasteiger partial charge < -0.3 is 9.73 Å². The molecule has 0 aliphatic rings. The number of furan rings is 1. The van der Waals surface area contributed by atoms with Crippen molar-refractivity contribution < 1.29 is 4.42 Å². The van der Waals surface area contributed by atoms with E-state index in [1.165, 1.54) is 27.3 Å². The molecule has 2 nitrogen and oxygen atoms in total. The molecular weight excluding hydrogens is 414 g/mol. The molecule has 7 aromatic rings. The highest BCUT2D eigenvalue weighted by Gasteiger charge is 2.13. The molecule has 0 radical (unpaired) electrons. The Balaban J connectivity index is 1.26. The fourth-order valence-electron chi connectivity index (χ4n) is 4.90. The number of hydrogen-bond acceptors (Lipinski definition) is 2. The van der Waals surface area contributed by atoms with Crippen molar-refractivity contribution in [2.75, 3.05) is 5.32 Å². The van der Waals surface area contributed by atoms with E-state index in [0.717, 1.165) is 38.7 Å². The highest BCUT2D eigenvalue weighted by Crippen LogP contribution is 2.38. The monoisotopic (exact) mass is 435 g/mol. The summed E-state index contributed by atoms with van der Waals surface area (Å²) in [4.78, 5) is 0. The Morgan fingerprint density at radius 3 is 2.00 bits per heavy atom. The molecule has 0 spiro atoms. The molecule has 0 aliphatic carbocycles. The van der Waals surface area contributed by atoms with Gasteiger partial charge in [0.05, 0.1) is 5.69 Å². The fraction of sp³-hybridized carbons (Fsp3) is 0. The summed E-state index contributed by atoms with van der Waals surface area (Å²) in [6, 6.07) is 42.6. The van der Waals surface area contributed by atoms with Crippen LogP contribution in [0.3, 0.4) is 0 Å². The van der Waals surface area contributed by atoms with Gasteiger partial charge in [-0.15, -0.1) is 0 Å². The quantitative estimate of drug-likeness (QED) is 0.299. The second kappa shape index (κ2) is 7.50. The Morgan fingerprint density at radius 1 is 0.441 bits per heavy atom. The van der Waals surface area contributed by atoms with Crippen molar-refractivity contribution >= 4 is 54.9 Å². The molecule has 0 bridgehead atoms. The van der Waals surface area contributed by atoms with E-state index >= 15 is 0 Å². The van der Waals surface area contributed by atoms with Crippen molar-refractivity contribution in [2.45, 2.75) is 0 Å². The summed E-state index contributed by atoms with van der Waals surface area (Å²) in [5, 5.41) is 10.7. The molecular formula is C32H21NO. The van der Waals surface area contributed by atoms with Gasteiger partial charge in [0.25, 0.3) is 0 Å². The largest absolute Gasteiger partial charge is 0.453 e. The van der Waals surface area contributed by atoms with Crippen molar-refractivity contribution in [2.24, 2.45) is 0 Å². The molecule has 0 amide bonds. The molecule has 160 valence electrons. The van der Waals surface area contributed by atoms with Gasteiger partial charge in [-0.3, -0.25) is 0 Å². The Kier molecular flexibility index (Phi) is 4.18. The molecule has 0 atom stereocenters. The van der Waals surface area contributed by atoms with Gasteiger partial charge in [-0.1, -0.05) is 91.0 Å². The first-order valence-corrected chi connectivity index (χ1v) is 11.5. The van der Waals surface area contributed by atoms with E-state index in [9.17, 15) is 0 Å². The van der Waals surface area contributed by atoms with E-state index in [1.807, 2.05) is 0 Å². The van der Waals surface area contributed by atoms with Gasteiger partial charge in [0.15, 0.2) is 5.58 Å². The van der Waals surface area contributed by atoms with Crippen molar-refractivity contribution in [1.29, 1.82) is 0 Å². The van der Waals surface area contributed by atoms with Crippen LogP contribution in [0.15, 0.2) is 126 Å². The highest BCUT2D eigenvalue weighted by atomic mass is 16.3. The van der Waals surface area contributed by atoms with Crippen molar-refractivity contribution in [3.05, 3.63) is 121 Å². The Hall–Kier alpha value is -4.56. The number of rotatable bonds is 3. The molecule has 0 aliphatic heterocycles. The standard InChI is InChI=1S/C32H21NO/c1-2-8-24-20-25(13-12-21(24)6-1)22-14-17-26(18-15-22)33-30-11-5-10-28-29-19-16-23-7-3-4-9-27(23)31(29)34-32(28)30/h1-20,33H. The van der Waals surface area contributed by atoms with Crippen molar-refractivity contribution in [3.8, 4) is 11.1 Å². The molecule has 0 unspecified atom stereocenters. The Morgan fingerprint density at radius 2 is 1.12 bits per heavy atom. The second-order valence-corrected chi connectivity index (χ2v) is 8.71. The normalized spacial score (nSPS) is 11.5. The summed E-state index contributed by atoms with van der Waals surface area (Å²) in [6.07, 6.45) is 0. The average Bonchev–Trinajstić information content (AvgIpc) is 3.29. The molecule has 2 heteroatoms. The van der Waals surface area contributed by atoms with Crippen LogP contribution in [-0.2, 0) is 0 Å². The number of para-hydroxylation sites is 1. The first kappa shape index (κ1) is 19.0. The third-order valence-corrected chi connectivity index (χ3v) is 6.64. The molecule has 6 aromatic carbocycles. The number of benzene rings is 6. The minimum absolute atomic E-state index is 0.882. The topological polar surface area (TPSA) is 25.2 Å². The lowest BCUT2D eigenvalue weighted by atomic mass is 10.0. The van der Waals surface area contributed by atoms with E-state index in [1.54, 1.807) is 0 Å². The maximum atomic E-state index is 6.44. The zero-order chi connectivity index (χ0) is 22.5. The molecule has 1 N–H and O–H groups in total. The molecule has 0 saturated carbocycles. The highest BCUT2D eigenvalue weighted by molar-refractivity contribution is 6.17. The van der Waals surface area contributed by atoms with E-state index in [2.05, 4.69) is 127 Å². The second-order valence-electron chi connectivity index (χ2n) is 8.71. The van der Waals surface area contributed by atoms with Gasteiger partial charge in [0.2, 0.25) is 0 Å². The lowest BCUT2D eigenvalue weighted by Gasteiger charge is -2.09. The van der Waals surface area contributed by atoms with E-state index in [4.69, 9.17) is 4.42 Å². The van der Waals surface area contributed by atoms with Gasteiger partial charge in [0, 0.05) is 21.8 Å². The van der Waals surface area contributed by atoms with E-state index in [0.29, 0.717) is 0 Å². The molecule has 7 rings (SSSR count). The zero-order valence-corrected chi connectivity index (χ0v) is 18.5. The summed E-state index contributed by atoms with van der Waals surface area (Å²) >= 11 is 0. The number of fused-ring (bicyclic) bond motifs is 6. The van der Waals surface area contributed by atoms with Gasteiger partial charge in [-0.2, -0.15) is 0 Å². The van der Waals surface area contributed by atoms with E-state index < -0.39 is 0 Å². The lowest BCUT2D eigenvalue weighted by Crippen LogP contribution is -1.90. The van der Waals surface area contributed by atoms with Crippen LogP contribution in [0.4, 0.5) is 11.4 Å². The zero-order valence-electron chi connectivity index (χ0n) is 18.5. The lowest BCUT2D eigenvalue weighted by molar-refractivity contribution is 0.674. The summed E-state index contributed by atoms with van der Waals surface area (Å²) in [6.45, 7) is 0. The molecule has 1 heterocycles. The van der Waals surface area contributed by atoms with Gasteiger partial charge in [0.1, 0.15) is 5.58 Å². The summed E-state index contributed by atoms with van der Waals surface area (Å²) in [7, 11) is 0. The van der Waals surface area contributed by atoms with Crippen LogP contribution in [0, 0.1) is 0 Å². The number of nitrogens with one attached hydrogen (secondary N) is 1. The SMILES string of the molecule is c1ccc2cc(-c3ccc(Nc4cccc5c4oc4c6ccccc6ccc54)cc3)ccc2c1. The van der Waals surface area contributed by atoms with Crippen LogP contribution >= 0.6 is 0 Å². The van der Waals surface area contributed by atoms with Gasteiger partial charge in [-0.25, -0.2) is 0 Å². The van der Waals surface area contributed by atoms with Crippen LogP contribution in [0.2, 0.25) is 0 Å². The average molecular weight is 436 g/mol. The minimum Gasteiger partial charge on any atom is -0.453 e. The Bertz CT molecular complexity index is 1830. The van der Waals surface area contributed by atoms with Crippen LogP contribution in [0.5, 0.6) is 0 Å². The van der Waals surface area contributed by atoms with Gasteiger partial charge >= 0.3 is 0 Å². The summed E-state index contributed by atoms with van der Waals surface area (Å²) in [5.74, 6) is 0. The predicted molar refractivity (Wildman–Crippen MR) is 144 cm³/mol. The number of hydrogen-bond donors (Lipinski definition) is 1. The van der Waals surface area contributed by atoms with Crippen LogP contribution in [0.25, 0.3) is 54.6 Å².